The van der Waals surface area contributed by atoms with E-state index in [1.807, 2.05) is 45.2 Å². The largest absolute Gasteiger partial charge is 0.465 e. The van der Waals surface area contributed by atoms with Crippen LogP contribution >= 0.6 is 23.1 Å². The first-order chi connectivity index (χ1) is 18.5. The molecule has 0 spiro atoms. The number of carbonyl (C=O) groups is 1. The lowest BCUT2D eigenvalue weighted by Gasteiger charge is -2.38. The number of rotatable bonds is 9. The first kappa shape index (κ1) is 28.2. The number of aromatic nitrogens is 2. The van der Waals surface area contributed by atoms with Crippen molar-refractivity contribution >= 4 is 45.1 Å². The Morgan fingerprint density at radius 3 is 2.56 bits per heavy atom. The molecule has 1 unspecified atom stereocenters. The number of fused-ring (bicyclic) bond motifs is 1. The Kier molecular flexibility index (Phi) is 8.36. The molecule has 4 rings (SSSR count). The molecular formula is C27H27FN4O5S2. The highest BCUT2D eigenvalue weighted by molar-refractivity contribution is 7.98. The van der Waals surface area contributed by atoms with E-state index in [0.717, 1.165) is 16.5 Å². The van der Waals surface area contributed by atoms with Crippen LogP contribution in [0.25, 0.3) is 20.8 Å². The van der Waals surface area contributed by atoms with Gasteiger partial charge in [0.05, 0.1) is 37.8 Å². The topological polar surface area (TPSA) is 119 Å². The molecule has 39 heavy (non-hydrogen) atoms. The average Bonchev–Trinajstić information content (AvgIpc) is 3.32. The minimum Gasteiger partial charge on any atom is -0.465 e. The lowest BCUT2D eigenvalue weighted by atomic mass is 9.82. The van der Waals surface area contributed by atoms with Crippen molar-refractivity contribution < 1.29 is 24.0 Å². The maximum Gasteiger partial charge on any atom is 0.407 e. The van der Waals surface area contributed by atoms with E-state index in [4.69, 9.17) is 4.74 Å². The van der Waals surface area contributed by atoms with E-state index < -0.39 is 16.8 Å². The number of thioether (sulfide) groups is 1. The van der Waals surface area contributed by atoms with Crippen LogP contribution in [-0.2, 0) is 0 Å². The van der Waals surface area contributed by atoms with Gasteiger partial charge in [-0.15, -0.1) is 11.3 Å². The molecule has 1 N–H and O–H groups in total. The van der Waals surface area contributed by atoms with Gasteiger partial charge in [0.25, 0.3) is 5.69 Å². The molecule has 0 aliphatic heterocycles. The molecule has 9 nitrogen and oxygen atoms in total. The third-order valence-electron chi connectivity index (χ3n) is 5.99. The van der Waals surface area contributed by atoms with Crippen LogP contribution < -0.4 is 4.74 Å². The van der Waals surface area contributed by atoms with Gasteiger partial charge in [0.2, 0.25) is 0 Å². The van der Waals surface area contributed by atoms with Crippen molar-refractivity contribution in [2.45, 2.75) is 26.8 Å². The smallest absolute Gasteiger partial charge is 0.407 e. The number of non-ortho nitro benzene ring substituents is 1. The van der Waals surface area contributed by atoms with E-state index in [1.165, 1.54) is 34.6 Å². The lowest BCUT2D eigenvalue weighted by Crippen LogP contribution is -2.41. The summed E-state index contributed by atoms with van der Waals surface area (Å²) < 4.78 is 20.9. The van der Waals surface area contributed by atoms with Crippen molar-refractivity contribution in [3.8, 4) is 22.1 Å². The molecule has 1 atom stereocenters. The van der Waals surface area contributed by atoms with Gasteiger partial charge < -0.3 is 9.84 Å². The zero-order chi connectivity index (χ0) is 28.3. The highest BCUT2D eigenvalue weighted by Gasteiger charge is 2.35. The van der Waals surface area contributed by atoms with Gasteiger partial charge in [0.1, 0.15) is 5.75 Å². The number of thiophene rings is 1. The molecule has 0 radical (unpaired) electrons. The van der Waals surface area contributed by atoms with Crippen LogP contribution in [0.5, 0.6) is 11.5 Å². The Labute approximate surface area is 232 Å². The van der Waals surface area contributed by atoms with Gasteiger partial charge in [-0.2, -0.15) is 11.8 Å². The minimum absolute atomic E-state index is 0.136. The number of pyridine rings is 2. The molecule has 3 heterocycles. The second-order valence-corrected chi connectivity index (χ2v) is 11.9. The lowest BCUT2D eigenvalue weighted by molar-refractivity contribution is -0.385. The second kappa shape index (κ2) is 11.5. The number of carboxylic acid groups (broad SMARTS) is 1. The van der Waals surface area contributed by atoms with Gasteiger partial charge in [0, 0.05) is 36.8 Å². The molecule has 0 aliphatic rings. The van der Waals surface area contributed by atoms with Gasteiger partial charge in [0.15, 0.2) is 11.6 Å². The van der Waals surface area contributed by atoms with Crippen LogP contribution in [0.4, 0.5) is 14.9 Å². The summed E-state index contributed by atoms with van der Waals surface area (Å²) in [5, 5.41) is 20.8. The SMILES string of the molecule is CSCCN(C(=O)O)C(c1ccc(-c2cc3nccc(Oc4ccc([N+](=O)[O-])cc4F)c3s2)nc1)C(C)(C)C. The molecule has 1 aromatic carbocycles. The summed E-state index contributed by atoms with van der Waals surface area (Å²) in [6.07, 6.45) is 4.22. The van der Waals surface area contributed by atoms with Crippen molar-refractivity contribution in [2.75, 3.05) is 18.6 Å². The number of nitro benzene ring substituents is 1. The molecule has 0 fully saturated rings. The second-order valence-electron chi connectivity index (χ2n) is 9.82. The molecule has 0 saturated heterocycles. The molecular weight excluding hydrogens is 543 g/mol. The Morgan fingerprint density at radius 1 is 1.21 bits per heavy atom. The molecule has 0 saturated carbocycles. The van der Waals surface area contributed by atoms with Crippen molar-refractivity contribution in [3.05, 3.63) is 76.4 Å². The van der Waals surface area contributed by atoms with Gasteiger partial charge >= 0.3 is 6.09 Å². The number of hydrogen-bond acceptors (Lipinski definition) is 8. The predicted octanol–water partition coefficient (Wildman–Crippen LogP) is 7.63. The summed E-state index contributed by atoms with van der Waals surface area (Å²) in [5.74, 6) is 0.0694. The fourth-order valence-electron chi connectivity index (χ4n) is 4.31. The maximum absolute atomic E-state index is 14.4. The van der Waals surface area contributed by atoms with Crippen LogP contribution in [0.3, 0.4) is 0 Å². The maximum atomic E-state index is 14.4. The number of amides is 1. The number of hydrogen-bond donors (Lipinski definition) is 1. The molecule has 204 valence electrons. The third kappa shape index (κ3) is 6.28. The van der Waals surface area contributed by atoms with Crippen LogP contribution in [-0.4, -0.2) is 49.5 Å². The summed E-state index contributed by atoms with van der Waals surface area (Å²) in [7, 11) is 0. The standard InChI is InChI=1S/C27H27FN4O5S2/c1-27(2,3)25(31(26(33)34)11-12-38-4)16-5-7-19(30-15-16)23-14-20-24(39-23)22(9-10-29-20)37-21-8-6-17(32(35)36)13-18(21)28/h5-10,13-15,25H,11-12H2,1-4H3,(H,33,34). The summed E-state index contributed by atoms with van der Waals surface area (Å²) >= 11 is 2.96. The summed E-state index contributed by atoms with van der Waals surface area (Å²) in [4.78, 5) is 33.6. The van der Waals surface area contributed by atoms with E-state index in [2.05, 4.69) is 9.97 Å². The summed E-state index contributed by atoms with van der Waals surface area (Å²) in [5.41, 5.74) is 1.37. The van der Waals surface area contributed by atoms with Crippen LogP contribution in [0.2, 0.25) is 0 Å². The number of nitrogens with zero attached hydrogens (tertiary/aromatic N) is 4. The van der Waals surface area contributed by atoms with Crippen LogP contribution in [0.15, 0.2) is 54.9 Å². The number of halogens is 1. The zero-order valence-corrected chi connectivity index (χ0v) is 23.4. The predicted molar refractivity (Wildman–Crippen MR) is 151 cm³/mol. The summed E-state index contributed by atoms with van der Waals surface area (Å²) in [6.45, 7) is 6.43. The molecule has 0 aliphatic carbocycles. The fraction of sp³-hybridized carbons (Fsp3) is 0.296. The van der Waals surface area contributed by atoms with Crippen molar-refractivity contribution in [2.24, 2.45) is 5.41 Å². The quantitative estimate of drug-likeness (QED) is 0.161. The van der Waals surface area contributed by atoms with E-state index >= 15 is 0 Å². The van der Waals surface area contributed by atoms with Crippen molar-refractivity contribution in [1.82, 2.24) is 14.9 Å². The van der Waals surface area contributed by atoms with E-state index in [1.54, 1.807) is 24.0 Å². The fourth-order valence-corrected chi connectivity index (χ4v) is 5.73. The Morgan fingerprint density at radius 2 is 1.97 bits per heavy atom. The van der Waals surface area contributed by atoms with Crippen molar-refractivity contribution in [1.29, 1.82) is 0 Å². The third-order valence-corrected chi connectivity index (χ3v) is 7.74. The highest BCUT2D eigenvalue weighted by Crippen LogP contribution is 2.41. The average molecular weight is 571 g/mol. The normalized spacial score (nSPS) is 12.3. The molecule has 1 amide bonds. The Balaban J connectivity index is 1.65. The minimum atomic E-state index is -0.972. The van der Waals surface area contributed by atoms with Crippen LogP contribution in [0, 0.1) is 21.3 Å². The van der Waals surface area contributed by atoms with Gasteiger partial charge in [-0.25, -0.2) is 9.18 Å². The van der Waals surface area contributed by atoms with Gasteiger partial charge in [-0.05, 0) is 35.4 Å². The zero-order valence-electron chi connectivity index (χ0n) is 21.8. The molecule has 4 aromatic rings. The molecule has 3 aromatic heterocycles. The van der Waals surface area contributed by atoms with Crippen molar-refractivity contribution in [3.63, 3.8) is 0 Å². The molecule has 12 heteroatoms. The first-order valence-corrected chi connectivity index (χ1v) is 14.2. The van der Waals surface area contributed by atoms with Gasteiger partial charge in [-0.3, -0.25) is 25.0 Å². The number of benzene rings is 1. The number of ether oxygens (including phenoxy) is 1. The Hall–Kier alpha value is -3.77. The number of nitro groups is 1. The molecule has 0 bridgehead atoms. The Bertz CT molecular complexity index is 1500. The van der Waals surface area contributed by atoms with Crippen LogP contribution in [0.1, 0.15) is 32.4 Å². The first-order valence-electron chi connectivity index (χ1n) is 11.9. The van der Waals surface area contributed by atoms with Gasteiger partial charge in [-0.1, -0.05) is 26.8 Å². The monoisotopic (exact) mass is 570 g/mol. The van der Waals surface area contributed by atoms with E-state index in [0.29, 0.717) is 34.0 Å². The highest BCUT2D eigenvalue weighted by atomic mass is 32.2. The van der Waals surface area contributed by atoms with E-state index in [-0.39, 0.29) is 22.9 Å². The van der Waals surface area contributed by atoms with E-state index in [9.17, 15) is 24.4 Å². The summed E-state index contributed by atoms with van der Waals surface area (Å²) in [6, 6.07) is 10.0.